The zero-order valence-corrected chi connectivity index (χ0v) is 10.2. The zero-order chi connectivity index (χ0) is 14.1. The minimum Gasteiger partial charge on any atom is -0.480 e. The Morgan fingerprint density at radius 2 is 2.21 bits per heavy atom. The van der Waals surface area contributed by atoms with Gasteiger partial charge in [-0.2, -0.15) is 0 Å². The molecule has 0 heterocycles. The molecule has 0 bridgehead atoms. The lowest BCUT2D eigenvalue weighted by atomic mass is 10.2. The SMILES string of the molecule is C#Cc1cccc(NC(=O)NCCOCC(=O)O)c1. The third-order valence-electron chi connectivity index (χ3n) is 2.04. The van der Waals surface area contributed by atoms with Crippen molar-refractivity contribution < 1.29 is 19.4 Å². The zero-order valence-electron chi connectivity index (χ0n) is 10.2. The number of carbonyl (C=O) groups excluding carboxylic acids is 1. The molecule has 0 saturated heterocycles. The molecule has 0 saturated carbocycles. The van der Waals surface area contributed by atoms with Crippen LogP contribution in [0.15, 0.2) is 24.3 Å². The van der Waals surface area contributed by atoms with Gasteiger partial charge in [-0.1, -0.05) is 12.0 Å². The maximum absolute atomic E-state index is 11.5. The highest BCUT2D eigenvalue weighted by Crippen LogP contribution is 2.09. The number of nitrogens with one attached hydrogen (secondary N) is 2. The van der Waals surface area contributed by atoms with Crippen LogP contribution in [-0.2, 0) is 9.53 Å². The average Bonchev–Trinajstić information content (AvgIpc) is 2.38. The molecule has 6 heteroatoms. The lowest BCUT2D eigenvalue weighted by Gasteiger charge is -2.07. The first kappa shape index (κ1) is 14.5. The van der Waals surface area contributed by atoms with Crippen LogP contribution in [0.25, 0.3) is 0 Å². The van der Waals surface area contributed by atoms with Gasteiger partial charge in [0, 0.05) is 17.8 Å². The van der Waals surface area contributed by atoms with E-state index in [9.17, 15) is 9.59 Å². The van der Waals surface area contributed by atoms with Crippen molar-refractivity contribution in [3.8, 4) is 12.3 Å². The highest BCUT2D eigenvalue weighted by molar-refractivity contribution is 5.89. The minimum absolute atomic E-state index is 0.129. The van der Waals surface area contributed by atoms with E-state index in [0.717, 1.165) is 0 Å². The molecule has 2 amide bonds. The molecule has 0 aromatic heterocycles. The predicted molar refractivity (Wildman–Crippen MR) is 69.9 cm³/mol. The van der Waals surface area contributed by atoms with Crippen LogP contribution >= 0.6 is 0 Å². The Labute approximate surface area is 110 Å². The predicted octanol–water partition coefficient (Wildman–Crippen LogP) is 0.891. The third kappa shape index (κ3) is 6.10. The monoisotopic (exact) mass is 262 g/mol. The molecule has 1 rings (SSSR count). The van der Waals surface area contributed by atoms with Crippen molar-refractivity contribution in [2.75, 3.05) is 25.1 Å². The Morgan fingerprint density at radius 3 is 2.89 bits per heavy atom. The first-order valence-corrected chi connectivity index (χ1v) is 5.53. The Hall–Kier alpha value is -2.52. The molecule has 0 atom stereocenters. The Morgan fingerprint density at radius 1 is 1.42 bits per heavy atom. The van der Waals surface area contributed by atoms with Crippen LogP contribution in [0.3, 0.4) is 0 Å². The summed E-state index contributed by atoms with van der Waals surface area (Å²) in [6.07, 6.45) is 5.24. The molecule has 0 aliphatic carbocycles. The number of anilines is 1. The number of amides is 2. The summed E-state index contributed by atoms with van der Waals surface area (Å²) in [6.45, 7) is -0.0361. The van der Waals surface area contributed by atoms with Gasteiger partial charge in [0.05, 0.1) is 6.61 Å². The standard InChI is InChI=1S/C13H14N2O4/c1-2-10-4-3-5-11(8-10)15-13(18)14-6-7-19-9-12(16)17/h1,3-5,8H,6-7,9H2,(H,16,17)(H2,14,15,18). The highest BCUT2D eigenvalue weighted by atomic mass is 16.5. The summed E-state index contributed by atoms with van der Waals surface area (Å²) in [5.41, 5.74) is 1.25. The Balaban J connectivity index is 2.27. The molecule has 1 aromatic carbocycles. The van der Waals surface area contributed by atoms with Crippen molar-refractivity contribution in [3.05, 3.63) is 29.8 Å². The van der Waals surface area contributed by atoms with Crippen molar-refractivity contribution in [3.63, 3.8) is 0 Å². The summed E-state index contributed by atoms with van der Waals surface area (Å²) >= 11 is 0. The third-order valence-corrected chi connectivity index (χ3v) is 2.04. The van der Waals surface area contributed by atoms with Crippen molar-refractivity contribution in [1.29, 1.82) is 0 Å². The van der Waals surface area contributed by atoms with Gasteiger partial charge >= 0.3 is 12.0 Å². The van der Waals surface area contributed by atoms with Gasteiger partial charge in [-0.15, -0.1) is 6.42 Å². The number of benzene rings is 1. The van der Waals surface area contributed by atoms with E-state index in [1.807, 2.05) is 0 Å². The molecule has 0 unspecified atom stereocenters. The van der Waals surface area contributed by atoms with Crippen molar-refractivity contribution >= 4 is 17.7 Å². The number of terminal acetylenes is 1. The fraction of sp³-hybridized carbons (Fsp3) is 0.231. The molecule has 0 aliphatic heterocycles. The van der Waals surface area contributed by atoms with Gasteiger partial charge in [0.15, 0.2) is 0 Å². The average molecular weight is 262 g/mol. The van der Waals surface area contributed by atoms with E-state index in [-0.39, 0.29) is 19.8 Å². The molecule has 6 nitrogen and oxygen atoms in total. The van der Waals surface area contributed by atoms with Gasteiger partial charge in [0.25, 0.3) is 0 Å². The number of ether oxygens (including phenoxy) is 1. The molecule has 1 aromatic rings. The summed E-state index contributed by atoms with van der Waals surface area (Å²) in [6, 6.07) is 6.46. The lowest BCUT2D eigenvalue weighted by Crippen LogP contribution is -2.32. The van der Waals surface area contributed by atoms with E-state index in [2.05, 4.69) is 16.6 Å². The van der Waals surface area contributed by atoms with Crippen LogP contribution in [0.4, 0.5) is 10.5 Å². The highest BCUT2D eigenvalue weighted by Gasteiger charge is 2.02. The molecular weight excluding hydrogens is 248 g/mol. The molecule has 0 radical (unpaired) electrons. The number of carboxylic acid groups (broad SMARTS) is 1. The van der Waals surface area contributed by atoms with Crippen LogP contribution in [-0.4, -0.2) is 36.9 Å². The van der Waals surface area contributed by atoms with E-state index in [4.69, 9.17) is 16.3 Å². The first-order valence-electron chi connectivity index (χ1n) is 5.53. The van der Waals surface area contributed by atoms with E-state index < -0.39 is 12.0 Å². The summed E-state index contributed by atoms with van der Waals surface area (Å²) in [7, 11) is 0. The quantitative estimate of drug-likeness (QED) is 0.525. The summed E-state index contributed by atoms with van der Waals surface area (Å²) in [5.74, 6) is 1.42. The number of hydrogen-bond acceptors (Lipinski definition) is 3. The number of hydrogen-bond donors (Lipinski definition) is 3. The first-order chi connectivity index (χ1) is 9.11. The molecule has 0 spiro atoms. The van der Waals surface area contributed by atoms with Gasteiger partial charge in [-0.3, -0.25) is 0 Å². The van der Waals surface area contributed by atoms with Crippen LogP contribution in [0, 0.1) is 12.3 Å². The van der Waals surface area contributed by atoms with Crippen LogP contribution < -0.4 is 10.6 Å². The lowest BCUT2D eigenvalue weighted by molar-refractivity contribution is -0.142. The fourth-order valence-corrected chi connectivity index (χ4v) is 1.26. The second kappa shape index (κ2) is 7.74. The van der Waals surface area contributed by atoms with E-state index >= 15 is 0 Å². The number of aliphatic carboxylic acids is 1. The van der Waals surface area contributed by atoms with Crippen LogP contribution in [0.2, 0.25) is 0 Å². The maximum atomic E-state index is 11.5. The summed E-state index contributed by atoms with van der Waals surface area (Å²) in [5, 5.41) is 13.4. The van der Waals surface area contributed by atoms with Crippen molar-refractivity contribution in [2.45, 2.75) is 0 Å². The Kier molecular flexibility index (Phi) is 5.92. The largest absolute Gasteiger partial charge is 0.480 e. The van der Waals surface area contributed by atoms with Gasteiger partial charge < -0.3 is 20.5 Å². The topological polar surface area (TPSA) is 87.7 Å². The molecule has 0 aliphatic rings. The van der Waals surface area contributed by atoms with Gasteiger partial charge in [-0.05, 0) is 18.2 Å². The summed E-state index contributed by atoms with van der Waals surface area (Å²) < 4.78 is 4.76. The minimum atomic E-state index is -1.05. The molecule has 19 heavy (non-hydrogen) atoms. The van der Waals surface area contributed by atoms with E-state index in [0.29, 0.717) is 11.3 Å². The molecule has 3 N–H and O–H groups in total. The number of carboxylic acids is 1. The van der Waals surface area contributed by atoms with Gasteiger partial charge in [0.1, 0.15) is 6.61 Å². The van der Waals surface area contributed by atoms with Crippen LogP contribution in [0.5, 0.6) is 0 Å². The maximum Gasteiger partial charge on any atom is 0.329 e. The van der Waals surface area contributed by atoms with Crippen LogP contribution in [0.1, 0.15) is 5.56 Å². The Bertz CT molecular complexity index is 494. The number of carbonyl (C=O) groups is 2. The molecule has 100 valence electrons. The fourth-order valence-electron chi connectivity index (χ4n) is 1.26. The molecule has 0 fully saturated rings. The van der Waals surface area contributed by atoms with Crippen molar-refractivity contribution in [1.82, 2.24) is 5.32 Å². The second-order valence-corrected chi connectivity index (χ2v) is 3.55. The van der Waals surface area contributed by atoms with Gasteiger partial charge in [-0.25, -0.2) is 9.59 Å². The van der Waals surface area contributed by atoms with Gasteiger partial charge in [0.2, 0.25) is 0 Å². The number of urea groups is 1. The smallest absolute Gasteiger partial charge is 0.329 e. The van der Waals surface area contributed by atoms with Crippen molar-refractivity contribution in [2.24, 2.45) is 0 Å². The summed E-state index contributed by atoms with van der Waals surface area (Å²) in [4.78, 5) is 21.6. The van der Waals surface area contributed by atoms with E-state index in [1.165, 1.54) is 0 Å². The normalized spacial score (nSPS) is 9.42. The molecular formula is C13H14N2O4. The second-order valence-electron chi connectivity index (χ2n) is 3.55. The number of rotatable bonds is 6. The van der Waals surface area contributed by atoms with E-state index in [1.54, 1.807) is 24.3 Å².